The Hall–Kier alpha value is -0.610. The third-order valence-corrected chi connectivity index (χ3v) is 3.16. The van der Waals surface area contributed by atoms with E-state index in [1.807, 2.05) is 0 Å². The summed E-state index contributed by atoms with van der Waals surface area (Å²) in [7, 11) is 1.65. The Labute approximate surface area is 84.9 Å². The van der Waals surface area contributed by atoms with Gasteiger partial charge in [0.15, 0.2) is 0 Å². The molecular weight excluding hydrogens is 180 g/mol. The summed E-state index contributed by atoms with van der Waals surface area (Å²) < 4.78 is 0. The molecule has 2 atom stereocenters. The van der Waals surface area contributed by atoms with Crippen molar-refractivity contribution in [2.24, 2.45) is 11.7 Å². The second kappa shape index (κ2) is 5.32. The molecule has 0 spiro atoms. The molecule has 0 aromatic heterocycles. The predicted molar refractivity (Wildman–Crippen MR) is 55.0 cm³/mol. The summed E-state index contributed by atoms with van der Waals surface area (Å²) >= 11 is 0. The zero-order valence-electron chi connectivity index (χ0n) is 8.70. The van der Waals surface area contributed by atoms with Crippen LogP contribution in [0.4, 0.5) is 0 Å². The van der Waals surface area contributed by atoms with E-state index in [1.54, 1.807) is 7.05 Å². The molecule has 0 amide bonds. The minimum Gasteiger partial charge on any atom is -0.480 e. The van der Waals surface area contributed by atoms with E-state index in [4.69, 9.17) is 10.8 Å². The fourth-order valence-corrected chi connectivity index (χ4v) is 2.27. The van der Waals surface area contributed by atoms with E-state index in [0.29, 0.717) is 5.92 Å². The molecule has 0 saturated heterocycles. The van der Waals surface area contributed by atoms with E-state index in [2.05, 4.69) is 5.32 Å². The number of aliphatic carboxylic acids is 1. The van der Waals surface area contributed by atoms with Crippen LogP contribution in [0.1, 0.15) is 32.1 Å². The van der Waals surface area contributed by atoms with Crippen molar-refractivity contribution in [1.82, 2.24) is 5.32 Å². The van der Waals surface area contributed by atoms with E-state index in [1.165, 1.54) is 19.3 Å². The molecule has 1 rings (SSSR count). The summed E-state index contributed by atoms with van der Waals surface area (Å²) in [5.41, 5.74) is 5.96. The van der Waals surface area contributed by atoms with Crippen molar-refractivity contribution in [2.75, 3.05) is 7.05 Å². The lowest BCUT2D eigenvalue weighted by atomic mass is 9.81. The lowest BCUT2D eigenvalue weighted by molar-refractivity contribution is -0.140. The normalized spacial score (nSPS) is 23.0. The monoisotopic (exact) mass is 200 g/mol. The van der Waals surface area contributed by atoms with Gasteiger partial charge in [-0.05, 0) is 25.8 Å². The summed E-state index contributed by atoms with van der Waals surface area (Å²) in [5.74, 6) is -0.470. The first kappa shape index (κ1) is 11.5. The minimum absolute atomic E-state index is 0.252. The third kappa shape index (κ3) is 2.69. The first-order valence-electron chi connectivity index (χ1n) is 5.32. The molecule has 82 valence electrons. The van der Waals surface area contributed by atoms with Crippen LogP contribution in [-0.2, 0) is 4.79 Å². The molecule has 4 heteroatoms. The summed E-state index contributed by atoms with van der Waals surface area (Å²) in [5, 5.41) is 11.7. The molecule has 14 heavy (non-hydrogen) atoms. The Morgan fingerprint density at radius 2 is 2.00 bits per heavy atom. The van der Waals surface area contributed by atoms with Crippen LogP contribution >= 0.6 is 0 Å². The van der Waals surface area contributed by atoms with Crippen molar-refractivity contribution < 1.29 is 9.90 Å². The number of likely N-dealkylation sites (N-methyl/N-ethyl adjacent to an activating group) is 1. The maximum Gasteiger partial charge on any atom is 0.322 e. The van der Waals surface area contributed by atoms with Gasteiger partial charge in [0, 0.05) is 6.04 Å². The minimum atomic E-state index is -0.842. The lowest BCUT2D eigenvalue weighted by Crippen LogP contribution is -2.52. The van der Waals surface area contributed by atoms with Crippen LogP contribution in [0.15, 0.2) is 0 Å². The largest absolute Gasteiger partial charge is 0.480 e. The van der Waals surface area contributed by atoms with Crippen LogP contribution < -0.4 is 11.1 Å². The molecule has 0 aromatic rings. The van der Waals surface area contributed by atoms with E-state index in [-0.39, 0.29) is 6.04 Å². The molecule has 0 heterocycles. The van der Waals surface area contributed by atoms with E-state index in [9.17, 15) is 4.79 Å². The number of nitrogens with two attached hydrogens (primary N) is 1. The maximum absolute atomic E-state index is 10.9. The summed E-state index contributed by atoms with van der Waals surface area (Å²) in [6.07, 6.45) is 5.79. The Morgan fingerprint density at radius 3 is 2.43 bits per heavy atom. The van der Waals surface area contributed by atoms with Crippen molar-refractivity contribution >= 4 is 5.97 Å². The molecule has 1 aliphatic rings. The van der Waals surface area contributed by atoms with Gasteiger partial charge in [-0.1, -0.05) is 19.3 Å². The van der Waals surface area contributed by atoms with Crippen LogP contribution in [0.5, 0.6) is 0 Å². The fourth-order valence-electron chi connectivity index (χ4n) is 2.27. The van der Waals surface area contributed by atoms with Gasteiger partial charge in [-0.25, -0.2) is 0 Å². The van der Waals surface area contributed by atoms with E-state index >= 15 is 0 Å². The SMILES string of the molecule is CNC(C(=O)O)C(N)C1CCCCC1. The summed E-state index contributed by atoms with van der Waals surface area (Å²) in [6, 6.07) is -0.851. The fraction of sp³-hybridized carbons (Fsp3) is 0.900. The Balaban J connectivity index is 2.51. The third-order valence-electron chi connectivity index (χ3n) is 3.16. The highest BCUT2D eigenvalue weighted by Crippen LogP contribution is 2.26. The number of hydrogen-bond donors (Lipinski definition) is 3. The Kier molecular flexibility index (Phi) is 4.35. The summed E-state index contributed by atoms with van der Waals surface area (Å²) in [6.45, 7) is 0. The number of carbonyl (C=O) groups is 1. The predicted octanol–water partition coefficient (Wildman–Crippen LogP) is 0.567. The first-order chi connectivity index (χ1) is 6.66. The molecule has 1 saturated carbocycles. The van der Waals surface area contributed by atoms with Gasteiger partial charge < -0.3 is 16.2 Å². The van der Waals surface area contributed by atoms with Gasteiger partial charge in [-0.2, -0.15) is 0 Å². The molecule has 2 unspecified atom stereocenters. The number of hydrogen-bond acceptors (Lipinski definition) is 3. The first-order valence-corrected chi connectivity index (χ1v) is 5.32. The number of carboxylic acids is 1. The van der Waals surface area contributed by atoms with Crippen molar-refractivity contribution in [3.8, 4) is 0 Å². The molecule has 4 nitrogen and oxygen atoms in total. The van der Waals surface area contributed by atoms with Crippen LogP contribution in [0.2, 0.25) is 0 Å². The van der Waals surface area contributed by atoms with Crippen LogP contribution in [0, 0.1) is 5.92 Å². The molecule has 1 aliphatic carbocycles. The average Bonchev–Trinajstić information content (AvgIpc) is 2.19. The van der Waals surface area contributed by atoms with Gasteiger partial charge in [-0.3, -0.25) is 4.79 Å². The molecule has 0 aromatic carbocycles. The van der Waals surface area contributed by atoms with Crippen LogP contribution in [-0.4, -0.2) is 30.2 Å². The zero-order valence-corrected chi connectivity index (χ0v) is 8.70. The summed E-state index contributed by atoms with van der Waals surface area (Å²) in [4.78, 5) is 10.9. The molecule has 4 N–H and O–H groups in total. The highest BCUT2D eigenvalue weighted by Gasteiger charge is 2.30. The molecule has 0 radical (unpaired) electrons. The quantitative estimate of drug-likeness (QED) is 0.620. The van der Waals surface area contributed by atoms with Crippen molar-refractivity contribution in [2.45, 2.75) is 44.2 Å². The van der Waals surface area contributed by atoms with Gasteiger partial charge in [0.1, 0.15) is 6.04 Å². The number of rotatable bonds is 4. The van der Waals surface area contributed by atoms with Gasteiger partial charge >= 0.3 is 5.97 Å². The van der Waals surface area contributed by atoms with Gasteiger partial charge in [0.2, 0.25) is 0 Å². The molecule has 0 aliphatic heterocycles. The van der Waals surface area contributed by atoms with Crippen LogP contribution in [0.3, 0.4) is 0 Å². The maximum atomic E-state index is 10.9. The van der Waals surface area contributed by atoms with Gasteiger partial charge in [0.25, 0.3) is 0 Å². The highest BCUT2D eigenvalue weighted by atomic mass is 16.4. The topological polar surface area (TPSA) is 75.3 Å². The van der Waals surface area contributed by atoms with Gasteiger partial charge in [0.05, 0.1) is 0 Å². The molecular formula is C10H20N2O2. The molecule has 0 bridgehead atoms. The Morgan fingerprint density at radius 1 is 1.43 bits per heavy atom. The van der Waals surface area contributed by atoms with E-state index < -0.39 is 12.0 Å². The van der Waals surface area contributed by atoms with Crippen LogP contribution in [0.25, 0.3) is 0 Å². The average molecular weight is 200 g/mol. The van der Waals surface area contributed by atoms with Crippen molar-refractivity contribution in [3.05, 3.63) is 0 Å². The van der Waals surface area contributed by atoms with Gasteiger partial charge in [-0.15, -0.1) is 0 Å². The molecule has 1 fully saturated rings. The second-order valence-electron chi connectivity index (χ2n) is 4.08. The smallest absolute Gasteiger partial charge is 0.322 e. The second-order valence-corrected chi connectivity index (χ2v) is 4.08. The highest BCUT2D eigenvalue weighted by molar-refractivity contribution is 5.74. The zero-order chi connectivity index (χ0) is 10.6. The van der Waals surface area contributed by atoms with Crippen molar-refractivity contribution in [1.29, 1.82) is 0 Å². The van der Waals surface area contributed by atoms with E-state index in [0.717, 1.165) is 12.8 Å². The standard InChI is InChI=1S/C10H20N2O2/c1-12-9(10(13)14)8(11)7-5-3-2-4-6-7/h7-9,12H,2-6,11H2,1H3,(H,13,14). The lowest BCUT2D eigenvalue weighted by Gasteiger charge is -2.30. The Bertz CT molecular complexity index is 191. The number of nitrogens with one attached hydrogen (secondary N) is 1. The van der Waals surface area contributed by atoms with Crippen molar-refractivity contribution in [3.63, 3.8) is 0 Å². The number of carboxylic acid groups (broad SMARTS) is 1.